The summed E-state index contributed by atoms with van der Waals surface area (Å²) in [6, 6.07) is 7.30. The van der Waals surface area contributed by atoms with E-state index in [1.807, 2.05) is 24.3 Å². The fraction of sp³-hybridized carbons (Fsp3) is 0.111. The van der Waals surface area contributed by atoms with Crippen LogP contribution < -0.4 is 9.28 Å². The van der Waals surface area contributed by atoms with Gasteiger partial charge in [-0.25, -0.2) is 0 Å². The van der Waals surface area contributed by atoms with Crippen LogP contribution in [0.25, 0.3) is 10.4 Å². The zero-order valence-electron chi connectivity index (χ0n) is 7.43. The predicted octanol–water partition coefficient (Wildman–Crippen LogP) is 2.24. The molecule has 0 atom stereocenters. The lowest BCUT2D eigenvalue weighted by Crippen LogP contribution is -1.81. The Morgan fingerprint density at radius 3 is 2.57 bits per heavy atom. The van der Waals surface area contributed by atoms with Gasteiger partial charge < -0.3 is 14.4 Å². The Morgan fingerprint density at radius 1 is 1.36 bits per heavy atom. The van der Waals surface area contributed by atoms with Crippen LogP contribution in [-0.4, -0.2) is 12.2 Å². The summed E-state index contributed by atoms with van der Waals surface area (Å²) in [7, 11) is 1.61. The molecule has 0 amide bonds. The van der Waals surface area contributed by atoms with E-state index in [0.29, 0.717) is 4.88 Å². The van der Waals surface area contributed by atoms with Crippen LogP contribution in [0, 0.1) is 0 Å². The Morgan fingerprint density at radius 2 is 2.07 bits per heavy atom. The van der Waals surface area contributed by atoms with Crippen LogP contribution in [0.2, 0.25) is 0 Å². The molecule has 72 valence electrons. The van der Waals surface area contributed by atoms with E-state index in [0.717, 1.165) is 22.8 Å². The zero-order chi connectivity index (χ0) is 9.97. The summed E-state index contributed by atoms with van der Waals surface area (Å²) in [5, 5.41) is 9.28. The molecule has 14 heavy (non-hydrogen) atoms. The van der Waals surface area contributed by atoms with E-state index in [1.54, 1.807) is 7.11 Å². The standard InChI is InChI=1S/C9H7NO3S/c1-12-7-4-2-6(3-5-7)8-9(11)13-10-14-8/h2-5H,1H3/p+1. The molecular weight excluding hydrogens is 202 g/mol. The van der Waals surface area contributed by atoms with Gasteiger partial charge in [-0.05, 0) is 24.3 Å². The Kier molecular flexibility index (Phi) is 2.32. The summed E-state index contributed by atoms with van der Waals surface area (Å²) < 4.78 is 13.1. The fourth-order valence-corrected chi connectivity index (χ4v) is 1.63. The van der Waals surface area contributed by atoms with Gasteiger partial charge in [0, 0.05) is 0 Å². The molecule has 0 bridgehead atoms. The highest BCUT2D eigenvalue weighted by Gasteiger charge is 2.24. The maximum Gasteiger partial charge on any atom is 0.576 e. The molecule has 0 aliphatic heterocycles. The van der Waals surface area contributed by atoms with Gasteiger partial charge in [0.05, 0.1) is 12.7 Å². The van der Waals surface area contributed by atoms with Crippen LogP contribution in [0.5, 0.6) is 11.7 Å². The van der Waals surface area contributed by atoms with E-state index in [1.165, 1.54) is 0 Å². The van der Waals surface area contributed by atoms with Crippen molar-refractivity contribution in [1.29, 1.82) is 0 Å². The van der Waals surface area contributed by atoms with E-state index < -0.39 is 0 Å². The van der Waals surface area contributed by atoms with Crippen LogP contribution in [0.3, 0.4) is 0 Å². The molecule has 2 rings (SSSR count). The number of rotatable bonds is 2. The Bertz CT molecular complexity index is 424. The number of methoxy groups -OCH3 is 1. The van der Waals surface area contributed by atoms with Gasteiger partial charge in [0.15, 0.2) is 0 Å². The van der Waals surface area contributed by atoms with E-state index in [4.69, 9.17) is 4.74 Å². The second-order valence-electron chi connectivity index (χ2n) is 2.62. The second kappa shape index (κ2) is 3.63. The number of aromatic hydroxyl groups is 1. The van der Waals surface area contributed by atoms with Crippen LogP contribution >= 0.6 is 11.5 Å². The third-order valence-electron chi connectivity index (χ3n) is 1.80. The first kappa shape index (κ1) is 8.96. The quantitative estimate of drug-likeness (QED) is 0.772. The van der Waals surface area contributed by atoms with Gasteiger partial charge in [-0.2, -0.15) is 0 Å². The molecule has 2 aromatic rings. The minimum Gasteiger partial charge on any atom is -0.497 e. The molecule has 0 spiro atoms. The van der Waals surface area contributed by atoms with Crippen molar-refractivity contribution in [3.8, 4) is 22.1 Å². The van der Waals surface area contributed by atoms with E-state index in [2.05, 4.69) is 9.07 Å². The van der Waals surface area contributed by atoms with Gasteiger partial charge in [0.1, 0.15) is 5.75 Å². The van der Waals surface area contributed by atoms with Crippen molar-refractivity contribution in [3.63, 3.8) is 0 Å². The Hall–Kier alpha value is -1.62. The van der Waals surface area contributed by atoms with Crippen LogP contribution in [-0.2, 0) is 0 Å². The highest BCUT2D eigenvalue weighted by atomic mass is 32.1. The van der Waals surface area contributed by atoms with Crippen molar-refractivity contribution < 1.29 is 14.4 Å². The van der Waals surface area contributed by atoms with Crippen LogP contribution in [0.4, 0.5) is 0 Å². The normalized spacial score (nSPS) is 10.1. The summed E-state index contributed by atoms with van der Waals surface area (Å²) >= 11 is 1.11. The SMILES string of the molecule is COc1ccc(-c2[s+][n-][o+]c2O)cc1. The van der Waals surface area contributed by atoms with Gasteiger partial charge >= 0.3 is 10.8 Å². The number of hydrogen-bond acceptors (Lipinski definition) is 2. The highest BCUT2D eigenvalue weighted by molar-refractivity contribution is 7.09. The van der Waals surface area contributed by atoms with Crippen molar-refractivity contribution >= 4 is 11.5 Å². The molecule has 5 heteroatoms. The van der Waals surface area contributed by atoms with E-state index >= 15 is 0 Å². The van der Waals surface area contributed by atoms with Gasteiger partial charge in [-0.3, -0.25) is 0 Å². The number of hydrogen-bond donors (Lipinski definition) is 1. The van der Waals surface area contributed by atoms with Crippen LogP contribution in [0.1, 0.15) is 0 Å². The van der Waals surface area contributed by atoms with Crippen molar-refractivity contribution in [2.45, 2.75) is 0 Å². The number of aromatic nitrogens is 1. The lowest BCUT2D eigenvalue weighted by molar-refractivity contribution is 0.279. The number of ether oxygens (including phenoxy) is 1. The maximum absolute atomic E-state index is 9.28. The molecule has 0 saturated heterocycles. The van der Waals surface area contributed by atoms with Crippen molar-refractivity contribution in [2.24, 2.45) is 0 Å². The first-order chi connectivity index (χ1) is 6.81. The van der Waals surface area contributed by atoms with E-state index in [9.17, 15) is 5.11 Å². The molecule has 1 aromatic heterocycles. The van der Waals surface area contributed by atoms with Gasteiger partial charge in [0.25, 0.3) is 0 Å². The van der Waals surface area contributed by atoms with Crippen LogP contribution in [0.15, 0.2) is 28.8 Å². The lowest BCUT2D eigenvalue weighted by atomic mass is 10.2. The monoisotopic (exact) mass is 210 g/mol. The van der Waals surface area contributed by atoms with E-state index in [-0.39, 0.29) is 5.95 Å². The fourth-order valence-electron chi connectivity index (χ4n) is 1.09. The Balaban J connectivity index is 2.39. The average molecular weight is 210 g/mol. The molecule has 0 aliphatic carbocycles. The van der Waals surface area contributed by atoms with Crippen molar-refractivity contribution in [3.05, 3.63) is 24.3 Å². The van der Waals surface area contributed by atoms with Gasteiger partial charge in [0.2, 0.25) is 11.5 Å². The largest absolute Gasteiger partial charge is 0.576 e. The van der Waals surface area contributed by atoms with Crippen molar-refractivity contribution in [1.82, 2.24) is 4.55 Å². The maximum atomic E-state index is 9.28. The molecule has 0 radical (unpaired) electrons. The minimum absolute atomic E-state index is 0.153. The number of benzene rings is 1. The van der Waals surface area contributed by atoms with Crippen molar-refractivity contribution in [2.75, 3.05) is 7.11 Å². The summed E-state index contributed by atoms with van der Waals surface area (Å²) in [6.07, 6.45) is 0. The summed E-state index contributed by atoms with van der Waals surface area (Å²) in [4.78, 5) is 0.618. The molecule has 1 heterocycles. The van der Waals surface area contributed by atoms with Gasteiger partial charge in [-0.15, -0.1) is 4.55 Å². The average Bonchev–Trinajstić information content (AvgIpc) is 2.65. The topological polar surface area (TPSA) is 54.9 Å². The molecular formula is C9H8NO3S+. The molecule has 4 nitrogen and oxygen atoms in total. The Labute approximate surface area is 84.5 Å². The molecule has 1 aromatic carbocycles. The summed E-state index contributed by atoms with van der Waals surface area (Å²) in [5.74, 6) is 0.620. The first-order valence-electron chi connectivity index (χ1n) is 3.93. The van der Waals surface area contributed by atoms with Gasteiger partial charge in [-0.1, -0.05) is 0 Å². The highest BCUT2D eigenvalue weighted by Crippen LogP contribution is 2.32. The predicted molar refractivity (Wildman–Crippen MR) is 52.4 cm³/mol. The minimum atomic E-state index is -0.153. The summed E-state index contributed by atoms with van der Waals surface area (Å²) in [5.41, 5.74) is 0.856. The number of nitrogens with zero attached hydrogens (tertiary/aromatic N) is 1. The third-order valence-corrected chi connectivity index (χ3v) is 2.54. The molecule has 0 unspecified atom stereocenters. The zero-order valence-corrected chi connectivity index (χ0v) is 8.25. The second-order valence-corrected chi connectivity index (χ2v) is 3.36. The smallest absolute Gasteiger partial charge is 0.497 e. The first-order valence-corrected chi connectivity index (χ1v) is 4.70. The molecule has 0 saturated carbocycles. The lowest BCUT2D eigenvalue weighted by Gasteiger charge is -1.96. The molecule has 0 aliphatic rings. The third kappa shape index (κ3) is 1.54. The summed E-state index contributed by atoms with van der Waals surface area (Å²) in [6.45, 7) is 0. The molecule has 1 N–H and O–H groups in total. The molecule has 0 fully saturated rings.